The lowest BCUT2D eigenvalue weighted by molar-refractivity contribution is -0.296. The second-order valence-electron chi connectivity index (χ2n) is 16.6. The molecule has 16 heteroatoms. The second-order valence-corrected chi connectivity index (χ2v) is 16.6. The third-order valence-corrected chi connectivity index (χ3v) is 11.8. The second kappa shape index (κ2) is 17.5. The molecule has 1 aromatic heterocycles. The number of benzene rings is 1. The predicted molar refractivity (Wildman–Crippen MR) is 206 cm³/mol. The lowest BCUT2D eigenvalue weighted by Gasteiger charge is -2.47. The van der Waals surface area contributed by atoms with E-state index < -0.39 is 77.3 Å². The summed E-state index contributed by atoms with van der Waals surface area (Å²) in [7, 11) is 3.72. The maximum atomic E-state index is 14.4. The van der Waals surface area contributed by atoms with Crippen LogP contribution in [0.2, 0.25) is 0 Å². The molecule has 2 aromatic rings. The number of nitrogen functional groups attached to an aromatic ring is 1. The number of carbonyl (C=O) groups excluding carboxylic acids is 3. The summed E-state index contributed by atoms with van der Waals surface area (Å²) >= 11 is 0. The fourth-order valence-corrected chi connectivity index (χ4v) is 8.57. The van der Waals surface area contributed by atoms with Crippen molar-refractivity contribution in [3.8, 4) is 0 Å². The molecule has 0 saturated carbocycles. The van der Waals surface area contributed by atoms with Crippen LogP contribution in [-0.2, 0) is 49.5 Å². The Morgan fingerprint density at radius 3 is 2.46 bits per heavy atom. The lowest BCUT2D eigenvalue weighted by Crippen LogP contribution is -2.60. The van der Waals surface area contributed by atoms with Crippen LogP contribution < -0.4 is 5.73 Å². The summed E-state index contributed by atoms with van der Waals surface area (Å²) in [6.45, 7) is 13.0. The van der Waals surface area contributed by atoms with E-state index in [9.17, 15) is 24.6 Å². The highest BCUT2D eigenvalue weighted by atomic mass is 16.7. The first kappa shape index (κ1) is 43.6. The van der Waals surface area contributed by atoms with Crippen molar-refractivity contribution in [1.29, 1.82) is 0 Å². The van der Waals surface area contributed by atoms with Crippen LogP contribution in [-0.4, -0.2) is 130 Å². The van der Waals surface area contributed by atoms with Gasteiger partial charge in [0.1, 0.15) is 41.8 Å². The number of nitrogens with two attached hydrogens (primary N) is 1. The third-order valence-electron chi connectivity index (χ3n) is 11.8. The van der Waals surface area contributed by atoms with Gasteiger partial charge in [0.2, 0.25) is 0 Å². The molecule has 5 N–H and O–H groups in total. The summed E-state index contributed by atoms with van der Waals surface area (Å²) in [6.07, 6.45) is -5.28. The summed E-state index contributed by atoms with van der Waals surface area (Å²) in [5.41, 5.74) is 5.02. The van der Waals surface area contributed by atoms with Gasteiger partial charge >= 0.3 is 5.97 Å². The monoisotopic (exact) mass is 787 g/mol. The zero-order valence-corrected chi connectivity index (χ0v) is 34.3. The Morgan fingerprint density at radius 2 is 1.79 bits per heavy atom. The quantitative estimate of drug-likeness (QED) is 0.180. The minimum atomic E-state index is -1.87. The molecule has 3 fully saturated rings. The number of anilines is 1. The summed E-state index contributed by atoms with van der Waals surface area (Å²) in [4.78, 5) is 57.4. The molecule has 1 aromatic carbocycles. The van der Waals surface area contributed by atoms with E-state index in [0.29, 0.717) is 17.9 Å². The molecule has 0 radical (unpaired) electrons. The number of esters is 1. The van der Waals surface area contributed by atoms with Gasteiger partial charge in [-0.2, -0.15) is 0 Å². The van der Waals surface area contributed by atoms with Crippen LogP contribution in [0.1, 0.15) is 80.2 Å². The van der Waals surface area contributed by atoms with Gasteiger partial charge in [-0.05, 0) is 78.7 Å². The van der Waals surface area contributed by atoms with Gasteiger partial charge in [-0.25, -0.2) is 4.98 Å². The number of nitrogens with one attached hydrogen (secondary N) is 1. The maximum absolute atomic E-state index is 14.4. The van der Waals surface area contributed by atoms with E-state index in [2.05, 4.69) is 15.1 Å². The number of imidazole rings is 1. The van der Waals surface area contributed by atoms with Crippen molar-refractivity contribution in [2.45, 2.75) is 135 Å². The highest BCUT2D eigenvalue weighted by Crippen LogP contribution is 2.39. The highest BCUT2D eigenvalue weighted by Gasteiger charge is 2.53. The third kappa shape index (κ3) is 9.27. The molecule has 3 saturated heterocycles. The lowest BCUT2D eigenvalue weighted by atomic mass is 9.74. The van der Waals surface area contributed by atoms with Gasteiger partial charge in [-0.15, -0.1) is 0 Å². The molecule has 5 rings (SSSR count). The van der Waals surface area contributed by atoms with E-state index in [1.807, 2.05) is 44.1 Å². The Morgan fingerprint density at radius 1 is 1.07 bits per heavy atom. The minimum Gasteiger partial charge on any atom is -0.459 e. The standard InChI is InChI=1S/C40H61N5O11/c1-11-30-40(8,50)35-22(4)31(46)20(2)16-39(7,52-19-26(18-51-35)44-53-17-25-12-13-27-28(15-25)43-38(41)42-27)34(23(5)32(47)24(6)36(49)55-30)56-37-33(48)29(45(9)10)14-21(3)54-37/h12-13,15,20-24,29-30,33-35,37,48,50H,11,14,16-19H2,1-10H3,(H3,41,42,43)/b44-26+/t20-,21-,22+,23+,24-,29+,30-,33-,34-,35+,37+,39-,40-/m1/s1. The number of ether oxygens (including phenoxy) is 5. The number of fused-ring (bicyclic) bond motifs is 6. The number of Topliss-reactive ketones (excluding diaryl/α,β-unsaturated/α-hetero) is 2. The summed E-state index contributed by atoms with van der Waals surface area (Å²) in [5, 5.41) is 28.2. The normalized spacial score (nSPS) is 38.9. The fourth-order valence-electron chi connectivity index (χ4n) is 8.57. The van der Waals surface area contributed by atoms with Crippen molar-refractivity contribution < 1.29 is 53.1 Å². The topological polar surface area (TPSA) is 217 Å². The first-order chi connectivity index (χ1) is 26.3. The van der Waals surface area contributed by atoms with Crippen LogP contribution in [0, 0.1) is 23.7 Å². The van der Waals surface area contributed by atoms with Crippen LogP contribution in [0.3, 0.4) is 0 Å². The number of ketones is 2. The van der Waals surface area contributed by atoms with E-state index in [-0.39, 0.29) is 56.3 Å². The number of nitrogens with zero attached hydrogens (tertiary/aromatic N) is 3. The molecular formula is C40H61N5O11. The SMILES string of the molecule is CC[C@H]1OC(=O)[C@H](C)C(=O)[C@H](C)[C@@H](O[C@@H]2O[C@H](C)C[C@H](N(C)C)[C@H]2O)[C@@]2(C)C[C@@H](C)C(=O)[C@H](C)[C@H](OC/C(=N\OCc3ccc4nc(N)[nH]c4c3)CO2)[C@]1(C)O. The van der Waals surface area contributed by atoms with Crippen molar-refractivity contribution in [3.63, 3.8) is 0 Å². The van der Waals surface area contributed by atoms with Crippen molar-refractivity contribution in [1.82, 2.24) is 14.9 Å². The van der Waals surface area contributed by atoms with E-state index in [1.54, 1.807) is 34.6 Å². The molecule has 3 aliphatic heterocycles. The number of likely N-dealkylation sites (N-methyl/N-ethyl adjacent to an activating group) is 1. The number of carbonyl (C=O) groups is 3. The number of hydrogen-bond acceptors (Lipinski definition) is 15. The molecule has 0 unspecified atom stereocenters. The van der Waals surface area contributed by atoms with Gasteiger partial charge in [-0.3, -0.25) is 14.4 Å². The Balaban J connectivity index is 1.60. The first-order valence-corrected chi connectivity index (χ1v) is 19.6. The molecule has 4 heterocycles. The largest absolute Gasteiger partial charge is 0.459 e. The van der Waals surface area contributed by atoms with Crippen molar-refractivity contribution in [2.24, 2.45) is 28.8 Å². The summed E-state index contributed by atoms with van der Waals surface area (Å²) < 4.78 is 31.9. The van der Waals surface area contributed by atoms with Gasteiger partial charge in [0, 0.05) is 23.8 Å². The number of aromatic nitrogens is 2. The Kier molecular flexibility index (Phi) is 13.7. The number of cyclic esters (lactones) is 1. The Labute approximate surface area is 328 Å². The van der Waals surface area contributed by atoms with Gasteiger partial charge in [0.15, 0.2) is 18.0 Å². The average Bonchev–Trinajstić information content (AvgIpc) is 3.52. The number of hydrogen-bond donors (Lipinski definition) is 4. The minimum absolute atomic E-state index is 0.0559. The van der Waals surface area contributed by atoms with Crippen molar-refractivity contribution in [3.05, 3.63) is 23.8 Å². The van der Waals surface area contributed by atoms with E-state index in [1.165, 1.54) is 13.8 Å². The number of aromatic amines is 1. The first-order valence-electron chi connectivity index (χ1n) is 19.6. The molecule has 56 heavy (non-hydrogen) atoms. The van der Waals surface area contributed by atoms with Gasteiger partial charge < -0.3 is 54.4 Å². The zero-order chi connectivity index (χ0) is 41.3. The Hall–Kier alpha value is -3.51. The Bertz CT molecular complexity index is 1750. The summed E-state index contributed by atoms with van der Waals surface area (Å²) in [6, 6.07) is 5.18. The zero-order valence-electron chi connectivity index (χ0n) is 34.3. The number of aliphatic hydroxyl groups excluding tert-OH is 1. The fraction of sp³-hybridized carbons (Fsp3) is 0.725. The average molecular weight is 788 g/mol. The molecule has 0 aliphatic carbocycles. The number of rotatable bonds is 7. The van der Waals surface area contributed by atoms with Crippen LogP contribution in [0.5, 0.6) is 0 Å². The van der Waals surface area contributed by atoms with Crippen LogP contribution in [0.15, 0.2) is 23.4 Å². The molecule has 2 bridgehead atoms. The van der Waals surface area contributed by atoms with Crippen LogP contribution in [0.25, 0.3) is 11.0 Å². The van der Waals surface area contributed by atoms with Crippen molar-refractivity contribution >= 4 is 40.2 Å². The van der Waals surface area contributed by atoms with E-state index >= 15 is 0 Å². The smallest absolute Gasteiger partial charge is 0.316 e. The molecule has 0 spiro atoms. The van der Waals surface area contributed by atoms with E-state index in [0.717, 1.165) is 11.1 Å². The van der Waals surface area contributed by atoms with Gasteiger partial charge in [-0.1, -0.05) is 38.9 Å². The predicted octanol–water partition coefficient (Wildman–Crippen LogP) is 3.16. The molecular weight excluding hydrogens is 726 g/mol. The number of aliphatic hydroxyl groups is 2. The van der Waals surface area contributed by atoms with Gasteiger partial charge in [0.05, 0.1) is 48.2 Å². The van der Waals surface area contributed by atoms with Crippen molar-refractivity contribution in [2.75, 3.05) is 33.0 Å². The van der Waals surface area contributed by atoms with Crippen LogP contribution >= 0.6 is 0 Å². The molecule has 13 atom stereocenters. The van der Waals surface area contributed by atoms with Crippen LogP contribution in [0.4, 0.5) is 5.95 Å². The maximum Gasteiger partial charge on any atom is 0.316 e. The number of oxime groups is 1. The molecule has 312 valence electrons. The van der Waals surface area contributed by atoms with Gasteiger partial charge in [0.25, 0.3) is 0 Å². The highest BCUT2D eigenvalue weighted by molar-refractivity contribution is 6.00. The number of H-pyrrole nitrogens is 1. The molecule has 3 aliphatic rings. The molecule has 16 nitrogen and oxygen atoms in total. The van der Waals surface area contributed by atoms with E-state index in [4.69, 9.17) is 34.3 Å². The molecule has 0 amide bonds. The summed E-state index contributed by atoms with van der Waals surface area (Å²) in [5.74, 6) is -5.18.